The minimum absolute atomic E-state index is 0.146. The molecule has 0 aromatic rings. The normalized spacial score (nSPS) is 56.7. The van der Waals surface area contributed by atoms with Crippen molar-refractivity contribution < 1.29 is 83.9 Å². The van der Waals surface area contributed by atoms with Gasteiger partial charge in [-0.3, -0.25) is 4.79 Å². The van der Waals surface area contributed by atoms with Crippen molar-refractivity contribution in [3.63, 3.8) is 0 Å². The fourth-order valence-corrected chi connectivity index (χ4v) is 14.7. The lowest BCUT2D eigenvalue weighted by Gasteiger charge is -2.71. The summed E-state index contributed by atoms with van der Waals surface area (Å²) in [5, 5.41) is 97.7. The van der Waals surface area contributed by atoms with Crippen LogP contribution in [0.4, 0.5) is 0 Å². The predicted molar refractivity (Wildman–Crippen MR) is 222 cm³/mol. The van der Waals surface area contributed by atoms with Gasteiger partial charge in [0.2, 0.25) is 0 Å². The molecule has 23 atom stereocenters. The standard InChI is InChI=1S/C47H72O17/c1-21-28(50)30(52)32(54)37(59-21)63-35-34(62-38-33(55)31(53)29(51)24(19-48)60-38)23(49)20-58-39(35)61-27-12-13-42(4)25(41(27,2)3)11-14-44(6)26(42)10-9-22-36-46(8,57)45(7)16-18-47(36,40(56)64-45)17-15-43(22,44)5/h9-10,21,23-35,37-39,48-55,57H,11-20H2,1-8H3/t21-,23-,24+,25+,26+,27-,28-,29+,30+,31-,32+,33+,34-,35+,37-,38-,39+,42-,43+,44+,45-,46-,47+/m0/s1. The van der Waals surface area contributed by atoms with E-state index in [0.29, 0.717) is 25.7 Å². The smallest absolute Gasteiger partial charge is 0.317 e. The molecule has 8 fully saturated rings. The Morgan fingerprint density at radius 1 is 0.719 bits per heavy atom. The van der Waals surface area contributed by atoms with Gasteiger partial charge in [-0.25, -0.2) is 0 Å². The van der Waals surface area contributed by atoms with Crippen LogP contribution in [0.3, 0.4) is 0 Å². The Balaban J connectivity index is 1.01. The first-order valence-corrected chi connectivity index (χ1v) is 23.5. The molecule has 10 aliphatic rings. The number of aliphatic hydroxyl groups excluding tert-OH is 8. The van der Waals surface area contributed by atoms with E-state index >= 15 is 0 Å². The lowest BCUT2D eigenvalue weighted by molar-refractivity contribution is -0.388. The number of esters is 1. The van der Waals surface area contributed by atoms with Crippen LogP contribution >= 0.6 is 0 Å². The summed E-state index contributed by atoms with van der Waals surface area (Å²) in [5.74, 6) is 0.0865. The number of carbonyl (C=O) groups excluding carboxylic acids is 1. The molecule has 0 radical (unpaired) electrons. The largest absolute Gasteiger partial charge is 0.455 e. The van der Waals surface area contributed by atoms with Gasteiger partial charge in [-0.2, -0.15) is 0 Å². The summed E-state index contributed by atoms with van der Waals surface area (Å²) in [5.41, 5.74) is -2.36. The summed E-state index contributed by atoms with van der Waals surface area (Å²) in [6.07, 6.45) is -11.1. The second kappa shape index (κ2) is 15.7. The third-order valence-corrected chi connectivity index (χ3v) is 19.1. The van der Waals surface area contributed by atoms with E-state index in [9.17, 15) is 50.8 Å². The van der Waals surface area contributed by atoms with Crippen molar-refractivity contribution in [1.82, 2.24) is 0 Å². The molecule has 0 amide bonds. The second-order valence-electron chi connectivity index (χ2n) is 22.6. The van der Waals surface area contributed by atoms with Gasteiger partial charge in [0.25, 0.3) is 0 Å². The van der Waals surface area contributed by atoms with E-state index in [4.69, 9.17) is 33.2 Å². The minimum atomic E-state index is -1.81. The molecule has 362 valence electrons. The first-order chi connectivity index (χ1) is 29.8. The van der Waals surface area contributed by atoms with E-state index in [2.05, 4.69) is 46.8 Å². The Labute approximate surface area is 374 Å². The van der Waals surface area contributed by atoms with Crippen LogP contribution in [-0.4, -0.2) is 168 Å². The van der Waals surface area contributed by atoms with E-state index < -0.39 is 121 Å². The Morgan fingerprint density at radius 2 is 1.36 bits per heavy atom. The molecule has 0 aromatic heterocycles. The van der Waals surface area contributed by atoms with Gasteiger partial charge in [0.1, 0.15) is 72.2 Å². The van der Waals surface area contributed by atoms with Crippen molar-refractivity contribution in [3.8, 4) is 0 Å². The van der Waals surface area contributed by atoms with Gasteiger partial charge in [-0.05, 0) is 117 Å². The lowest BCUT2D eigenvalue weighted by Crippen LogP contribution is -2.71. The molecule has 5 saturated heterocycles. The van der Waals surface area contributed by atoms with Crippen molar-refractivity contribution in [2.45, 2.75) is 210 Å². The van der Waals surface area contributed by atoms with Gasteiger partial charge in [-0.15, -0.1) is 0 Å². The van der Waals surface area contributed by atoms with Gasteiger partial charge >= 0.3 is 5.97 Å². The Hall–Kier alpha value is -1.65. The zero-order valence-corrected chi connectivity index (χ0v) is 38.3. The molecular formula is C47H72O17. The number of carbonyl (C=O) groups is 1. The summed E-state index contributed by atoms with van der Waals surface area (Å²) in [4.78, 5) is 13.8. The van der Waals surface area contributed by atoms with E-state index in [1.165, 1.54) is 6.92 Å². The van der Waals surface area contributed by atoms with Crippen LogP contribution < -0.4 is 0 Å². The Morgan fingerprint density at radius 3 is 2.03 bits per heavy atom. The highest BCUT2D eigenvalue weighted by Gasteiger charge is 2.73. The van der Waals surface area contributed by atoms with Crippen LogP contribution in [0.1, 0.15) is 107 Å². The molecular weight excluding hydrogens is 837 g/mol. The van der Waals surface area contributed by atoms with Gasteiger partial charge in [0.05, 0.1) is 30.8 Å². The van der Waals surface area contributed by atoms with Crippen LogP contribution in [0.25, 0.3) is 0 Å². The highest BCUT2D eigenvalue weighted by Crippen LogP contribution is 2.75. The van der Waals surface area contributed by atoms with Crippen molar-refractivity contribution in [2.75, 3.05) is 13.2 Å². The first-order valence-electron chi connectivity index (χ1n) is 23.5. The summed E-state index contributed by atoms with van der Waals surface area (Å²) in [6.45, 7) is 15.7. The molecule has 17 nitrogen and oxygen atoms in total. The maximum atomic E-state index is 13.8. The monoisotopic (exact) mass is 908 g/mol. The molecule has 64 heavy (non-hydrogen) atoms. The first kappa shape index (κ1) is 47.4. The summed E-state index contributed by atoms with van der Waals surface area (Å²) in [7, 11) is 0. The third kappa shape index (κ3) is 6.46. The molecule has 17 heteroatoms. The van der Waals surface area contributed by atoms with Crippen LogP contribution in [0.15, 0.2) is 23.3 Å². The molecule has 9 N–H and O–H groups in total. The molecule has 2 bridgehead atoms. The summed E-state index contributed by atoms with van der Waals surface area (Å²) >= 11 is 0. The molecule has 10 rings (SSSR count). The summed E-state index contributed by atoms with van der Waals surface area (Å²) < 4.78 is 43.1. The van der Waals surface area contributed by atoms with Crippen LogP contribution in [0.2, 0.25) is 0 Å². The highest BCUT2D eigenvalue weighted by molar-refractivity contribution is 5.86. The fraction of sp³-hybridized carbons (Fsp3) is 0.894. The molecule has 5 aliphatic carbocycles. The van der Waals surface area contributed by atoms with E-state index in [-0.39, 0.29) is 40.7 Å². The van der Waals surface area contributed by atoms with Crippen molar-refractivity contribution in [3.05, 3.63) is 23.3 Å². The van der Waals surface area contributed by atoms with Gasteiger partial charge in [0.15, 0.2) is 18.9 Å². The lowest BCUT2D eigenvalue weighted by atomic mass is 9.35. The molecule has 0 aromatic carbocycles. The molecule has 3 saturated carbocycles. The predicted octanol–water partition coefficient (Wildman–Crippen LogP) is 0.859. The molecule has 5 heterocycles. The zero-order valence-electron chi connectivity index (χ0n) is 38.3. The van der Waals surface area contributed by atoms with E-state index in [1.807, 2.05) is 13.8 Å². The quantitative estimate of drug-likeness (QED) is 0.127. The van der Waals surface area contributed by atoms with Crippen molar-refractivity contribution in [1.29, 1.82) is 0 Å². The van der Waals surface area contributed by atoms with Crippen LogP contribution in [0.5, 0.6) is 0 Å². The van der Waals surface area contributed by atoms with Gasteiger partial charge < -0.3 is 79.1 Å². The van der Waals surface area contributed by atoms with Crippen LogP contribution in [-0.2, 0) is 38.0 Å². The number of ether oxygens (including phenoxy) is 7. The van der Waals surface area contributed by atoms with Crippen LogP contribution in [0, 0.1) is 38.9 Å². The third-order valence-electron chi connectivity index (χ3n) is 19.1. The SMILES string of the molecule is C[C@@H]1O[C@@H](O[C@H]2[C@@H](O[C@H]3CC[C@@]4(C)[C@H](CC[C@]5(C)[C@@H]4C=CC4=C6[C@]7(CC[C@](C)(OC7=O)[C@@]6(C)O)CC[C@]45C)C3(C)C)OC[C@H](O)[C@@H]2O[C@@H]2O[C@H](CO)[C@@H](O)[C@H](O)[C@H]2O)[C@H](O)[C@H](O)[C@H]1O. The second-order valence-corrected chi connectivity index (χ2v) is 22.6. The number of hydrogen-bond donors (Lipinski definition) is 9. The molecule has 0 unspecified atom stereocenters. The number of aliphatic hydroxyl groups is 9. The molecule has 5 aliphatic heterocycles. The number of allylic oxidation sites excluding steroid dienone is 3. The van der Waals surface area contributed by atoms with Crippen molar-refractivity contribution in [2.24, 2.45) is 38.9 Å². The van der Waals surface area contributed by atoms with E-state index in [1.54, 1.807) is 0 Å². The topological polar surface area (TPSA) is 264 Å². The molecule has 1 spiro atoms. The Bertz CT molecular complexity index is 1890. The minimum Gasteiger partial charge on any atom is -0.455 e. The fourth-order valence-electron chi connectivity index (χ4n) is 14.7. The zero-order chi connectivity index (χ0) is 46.5. The number of hydrogen-bond acceptors (Lipinski definition) is 17. The maximum Gasteiger partial charge on any atom is 0.317 e. The number of fused-ring (bicyclic) bond motifs is 7. The average molecular weight is 909 g/mol. The summed E-state index contributed by atoms with van der Waals surface area (Å²) in [6, 6.07) is 0. The van der Waals surface area contributed by atoms with Gasteiger partial charge in [-0.1, -0.05) is 46.8 Å². The van der Waals surface area contributed by atoms with E-state index in [0.717, 1.165) is 36.8 Å². The number of rotatable bonds is 7. The maximum absolute atomic E-state index is 13.8. The average Bonchev–Trinajstić information content (AvgIpc) is 3.23. The van der Waals surface area contributed by atoms with Gasteiger partial charge in [0, 0.05) is 0 Å². The van der Waals surface area contributed by atoms with Crippen molar-refractivity contribution >= 4 is 5.97 Å². The highest BCUT2D eigenvalue weighted by atomic mass is 16.8. The Kier molecular flexibility index (Phi) is 11.6.